The van der Waals surface area contributed by atoms with Gasteiger partial charge in [-0.15, -0.1) is 24.0 Å². The van der Waals surface area contributed by atoms with Crippen molar-refractivity contribution in [3.05, 3.63) is 30.1 Å². The van der Waals surface area contributed by atoms with Crippen LogP contribution in [-0.2, 0) is 9.59 Å². The minimum Gasteiger partial charge on any atom is -0.352 e. The Hall–Kier alpha value is -1.91. The van der Waals surface area contributed by atoms with E-state index in [-0.39, 0.29) is 54.3 Å². The molecule has 0 aromatic heterocycles. The monoisotopic (exact) mass is 491 g/mol. The first-order chi connectivity index (χ1) is 12.4. The number of guanidine groups is 1. The molecule has 1 fully saturated rings. The van der Waals surface area contributed by atoms with Crippen LogP contribution in [0, 0.1) is 11.7 Å². The third kappa shape index (κ3) is 7.31. The average molecular weight is 491 g/mol. The van der Waals surface area contributed by atoms with Gasteiger partial charge in [-0.1, -0.05) is 19.9 Å². The van der Waals surface area contributed by atoms with E-state index >= 15 is 0 Å². The molecular weight excluding hydrogens is 464 g/mol. The van der Waals surface area contributed by atoms with Gasteiger partial charge in [0, 0.05) is 37.8 Å². The highest BCUT2D eigenvalue weighted by Crippen LogP contribution is 2.12. The van der Waals surface area contributed by atoms with Crippen molar-refractivity contribution in [2.45, 2.75) is 26.3 Å². The quantitative estimate of drug-likeness (QED) is 0.333. The molecule has 1 aliphatic heterocycles. The molecule has 1 heterocycles. The minimum atomic E-state index is -0.407. The Bertz CT molecular complexity index is 683. The van der Waals surface area contributed by atoms with Gasteiger partial charge in [-0.3, -0.25) is 14.6 Å². The van der Waals surface area contributed by atoms with Crippen LogP contribution < -0.4 is 16.0 Å². The standard InChI is InChI=1S/C18H26FN5O2.HI/c1-12(2)17(26)24-8-7-15(11-24)23-18(20-3)21-10-16(25)22-14-6-4-5-13(19)9-14;/h4-6,9,12,15H,7-8,10-11H2,1-3H3,(H,22,25)(H2,20,21,23);1H. The van der Waals surface area contributed by atoms with E-state index in [9.17, 15) is 14.0 Å². The van der Waals surface area contributed by atoms with E-state index in [1.54, 1.807) is 13.1 Å². The van der Waals surface area contributed by atoms with Crippen LogP contribution in [0.3, 0.4) is 0 Å². The van der Waals surface area contributed by atoms with Crippen molar-refractivity contribution < 1.29 is 14.0 Å². The van der Waals surface area contributed by atoms with Gasteiger partial charge in [-0.25, -0.2) is 4.39 Å². The van der Waals surface area contributed by atoms with Crippen molar-refractivity contribution in [3.8, 4) is 0 Å². The number of likely N-dealkylation sites (tertiary alicyclic amines) is 1. The summed E-state index contributed by atoms with van der Waals surface area (Å²) in [5.74, 6) is -0.0933. The second kappa shape index (κ2) is 11.1. The maximum absolute atomic E-state index is 13.1. The largest absolute Gasteiger partial charge is 0.352 e. The molecule has 1 aliphatic rings. The molecule has 27 heavy (non-hydrogen) atoms. The normalized spacial score (nSPS) is 16.7. The summed E-state index contributed by atoms with van der Waals surface area (Å²) in [5, 5.41) is 8.76. The second-order valence-electron chi connectivity index (χ2n) is 6.55. The van der Waals surface area contributed by atoms with Gasteiger partial charge < -0.3 is 20.9 Å². The van der Waals surface area contributed by atoms with E-state index in [2.05, 4.69) is 20.9 Å². The fourth-order valence-corrected chi connectivity index (χ4v) is 2.77. The summed E-state index contributed by atoms with van der Waals surface area (Å²) >= 11 is 0. The van der Waals surface area contributed by atoms with E-state index in [0.29, 0.717) is 24.7 Å². The number of hydrogen-bond acceptors (Lipinski definition) is 3. The minimum absolute atomic E-state index is 0. The highest BCUT2D eigenvalue weighted by molar-refractivity contribution is 14.0. The van der Waals surface area contributed by atoms with Gasteiger partial charge in [0.2, 0.25) is 11.8 Å². The summed E-state index contributed by atoms with van der Waals surface area (Å²) in [5.41, 5.74) is 0.401. The second-order valence-corrected chi connectivity index (χ2v) is 6.55. The van der Waals surface area contributed by atoms with Gasteiger partial charge in [0.15, 0.2) is 5.96 Å². The van der Waals surface area contributed by atoms with Crippen LogP contribution in [0.1, 0.15) is 20.3 Å². The van der Waals surface area contributed by atoms with Crippen LogP contribution >= 0.6 is 24.0 Å². The zero-order valence-corrected chi connectivity index (χ0v) is 18.1. The van der Waals surface area contributed by atoms with Crippen molar-refractivity contribution in [2.75, 3.05) is 32.0 Å². The Morgan fingerprint density at radius 2 is 2.11 bits per heavy atom. The Balaban J connectivity index is 0.00000364. The molecule has 1 saturated heterocycles. The number of rotatable bonds is 5. The van der Waals surface area contributed by atoms with Gasteiger partial charge in [0.25, 0.3) is 0 Å². The topological polar surface area (TPSA) is 85.8 Å². The molecule has 2 amide bonds. The predicted octanol–water partition coefficient (Wildman–Crippen LogP) is 1.80. The van der Waals surface area contributed by atoms with Gasteiger partial charge in [0.1, 0.15) is 5.82 Å². The lowest BCUT2D eigenvalue weighted by molar-refractivity contribution is -0.133. The van der Waals surface area contributed by atoms with Crippen molar-refractivity contribution in [2.24, 2.45) is 10.9 Å². The highest BCUT2D eigenvalue weighted by atomic mass is 127. The number of anilines is 1. The number of benzene rings is 1. The molecule has 150 valence electrons. The van der Waals surface area contributed by atoms with Crippen LogP contribution in [0.2, 0.25) is 0 Å². The smallest absolute Gasteiger partial charge is 0.243 e. The summed E-state index contributed by atoms with van der Waals surface area (Å²) in [6.07, 6.45) is 0.828. The van der Waals surface area contributed by atoms with Gasteiger partial charge >= 0.3 is 0 Å². The molecule has 1 atom stereocenters. The maximum atomic E-state index is 13.1. The van der Waals surface area contributed by atoms with Crippen LogP contribution in [-0.4, -0.2) is 55.4 Å². The molecule has 9 heteroatoms. The van der Waals surface area contributed by atoms with E-state index in [1.165, 1.54) is 18.2 Å². The van der Waals surface area contributed by atoms with Crippen LogP contribution in [0.15, 0.2) is 29.3 Å². The van der Waals surface area contributed by atoms with Gasteiger partial charge in [0.05, 0.1) is 6.54 Å². The molecule has 0 bridgehead atoms. The first-order valence-electron chi connectivity index (χ1n) is 8.70. The Morgan fingerprint density at radius 3 is 2.74 bits per heavy atom. The average Bonchev–Trinajstić information content (AvgIpc) is 3.06. The van der Waals surface area contributed by atoms with E-state index < -0.39 is 5.82 Å². The molecule has 1 aromatic rings. The number of amides is 2. The molecule has 3 N–H and O–H groups in total. The summed E-state index contributed by atoms with van der Waals surface area (Å²) in [4.78, 5) is 29.9. The lowest BCUT2D eigenvalue weighted by atomic mass is 10.2. The fraction of sp³-hybridized carbons (Fsp3) is 0.500. The molecule has 1 aromatic carbocycles. The van der Waals surface area contributed by atoms with Crippen LogP contribution in [0.25, 0.3) is 0 Å². The lowest BCUT2D eigenvalue weighted by Gasteiger charge is -2.20. The molecule has 7 nitrogen and oxygen atoms in total. The van der Waals surface area contributed by atoms with E-state index in [4.69, 9.17) is 0 Å². The third-order valence-corrected chi connectivity index (χ3v) is 4.08. The van der Waals surface area contributed by atoms with Crippen molar-refractivity contribution in [1.82, 2.24) is 15.5 Å². The molecule has 0 radical (unpaired) electrons. The van der Waals surface area contributed by atoms with E-state index in [0.717, 1.165) is 6.42 Å². The zero-order chi connectivity index (χ0) is 19.1. The first-order valence-corrected chi connectivity index (χ1v) is 8.70. The number of aliphatic imine (C=N–C) groups is 1. The number of carbonyl (C=O) groups is 2. The molecule has 0 spiro atoms. The van der Waals surface area contributed by atoms with Crippen LogP contribution in [0.5, 0.6) is 0 Å². The number of nitrogens with zero attached hydrogens (tertiary/aromatic N) is 2. The molecule has 0 aliphatic carbocycles. The fourth-order valence-electron chi connectivity index (χ4n) is 2.77. The summed E-state index contributed by atoms with van der Waals surface area (Å²) < 4.78 is 13.1. The zero-order valence-electron chi connectivity index (χ0n) is 15.8. The summed E-state index contributed by atoms with van der Waals surface area (Å²) in [7, 11) is 1.62. The Kier molecular flexibility index (Phi) is 9.47. The third-order valence-electron chi connectivity index (χ3n) is 4.08. The SMILES string of the molecule is CN=C(NCC(=O)Nc1cccc(F)c1)NC1CCN(C(=O)C(C)C)C1.I. The number of halogens is 2. The number of hydrogen-bond donors (Lipinski definition) is 3. The van der Waals surface area contributed by atoms with E-state index in [1.807, 2.05) is 18.7 Å². The Morgan fingerprint density at radius 1 is 1.37 bits per heavy atom. The van der Waals surface area contributed by atoms with Crippen molar-refractivity contribution in [3.63, 3.8) is 0 Å². The highest BCUT2D eigenvalue weighted by Gasteiger charge is 2.27. The van der Waals surface area contributed by atoms with Crippen molar-refractivity contribution >= 4 is 47.4 Å². The summed E-state index contributed by atoms with van der Waals surface area (Å²) in [6.45, 7) is 5.11. The number of nitrogens with one attached hydrogen (secondary N) is 3. The summed E-state index contributed by atoms with van der Waals surface area (Å²) in [6, 6.07) is 5.81. The molecule has 0 saturated carbocycles. The Labute approximate surface area is 176 Å². The van der Waals surface area contributed by atoms with Crippen molar-refractivity contribution in [1.29, 1.82) is 0 Å². The molecule has 2 rings (SSSR count). The van der Waals surface area contributed by atoms with Gasteiger partial charge in [-0.2, -0.15) is 0 Å². The van der Waals surface area contributed by atoms with Gasteiger partial charge in [-0.05, 0) is 24.6 Å². The van der Waals surface area contributed by atoms with Crippen LogP contribution in [0.4, 0.5) is 10.1 Å². The predicted molar refractivity (Wildman–Crippen MR) is 115 cm³/mol. The molecule has 1 unspecified atom stereocenters. The lowest BCUT2D eigenvalue weighted by Crippen LogP contribution is -2.47. The first kappa shape index (κ1) is 23.1. The maximum Gasteiger partial charge on any atom is 0.243 e. The molecular formula is C18H27FIN5O2. The number of carbonyl (C=O) groups excluding carboxylic acids is 2.